The van der Waals surface area contributed by atoms with Crippen molar-refractivity contribution in [1.82, 2.24) is 15.1 Å². The summed E-state index contributed by atoms with van der Waals surface area (Å²) in [5.74, 6) is 0.160. The molecule has 1 saturated heterocycles. The highest BCUT2D eigenvalue weighted by Crippen LogP contribution is 2.27. The first kappa shape index (κ1) is 15.5. The average molecular weight is 314 g/mol. The zero-order valence-electron chi connectivity index (χ0n) is 13.9. The highest BCUT2D eigenvalue weighted by atomic mass is 16.2. The molecule has 1 aromatic carbocycles. The Morgan fingerprint density at radius 2 is 1.96 bits per heavy atom. The van der Waals surface area contributed by atoms with Crippen LogP contribution in [0, 0.1) is 5.92 Å². The zero-order valence-corrected chi connectivity index (χ0v) is 13.9. The number of urea groups is 1. The van der Waals surface area contributed by atoms with Crippen LogP contribution in [0.15, 0.2) is 24.4 Å². The van der Waals surface area contributed by atoms with Crippen molar-refractivity contribution in [3.05, 3.63) is 24.4 Å². The van der Waals surface area contributed by atoms with Gasteiger partial charge in [-0.05, 0) is 44.4 Å². The van der Waals surface area contributed by atoms with Crippen LogP contribution in [-0.4, -0.2) is 27.8 Å². The normalized spacial score (nSPS) is 18.5. The third-order valence-corrected chi connectivity index (χ3v) is 4.06. The summed E-state index contributed by atoms with van der Waals surface area (Å²) in [5, 5.41) is 8.14. The number of carbonyl (C=O) groups is 2. The third-order valence-electron chi connectivity index (χ3n) is 4.06. The monoisotopic (exact) mass is 314 g/mol. The Morgan fingerprint density at radius 1 is 1.22 bits per heavy atom. The second kappa shape index (κ2) is 5.68. The number of imide groups is 1. The van der Waals surface area contributed by atoms with Gasteiger partial charge in [0.15, 0.2) is 0 Å². The van der Waals surface area contributed by atoms with Crippen LogP contribution in [0.25, 0.3) is 10.9 Å². The number of benzene rings is 1. The van der Waals surface area contributed by atoms with E-state index < -0.39 is 6.04 Å². The van der Waals surface area contributed by atoms with Crippen molar-refractivity contribution in [3.63, 3.8) is 0 Å². The van der Waals surface area contributed by atoms with Crippen molar-refractivity contribution in [2.75, 3.05) is 4.90 Å². The Bertz CT molecular complexity index is 763. The van der Waals surface area contributed by atoms with E-state index in [-0.39, 0.29) is 18.0 Å². The molecule has 6 nitrogen and oxygen atoms in total. The van der Waals surface area contributed by atoms with Crippen molar-refractivity contribution in [3.8, 4) is 0 Å². The predicted molar refractivity (Wildman–Crippen MR) is 89.4 cm³/mol. The first-order valence-electron chi connectivity index (χ1n) is 8.00. The van der Waals surface area contributed by atoms with Crippen molar-refractivity contribution in [1.29, 1.82) is 0 Å². The number of nitrogens with zero attached hydrogens (tertiary/aromatic N) is 3. The van der Waals surface area contributed by atoms with Crippen LogP contribution in [0.5, 0.6) is 0 Å². The minimum atomic E-state index is -0.437. The van der Waals surface area contributed by atoms with Crippen molar-refractivity contribution in [2.45, 2.75) is 46.2 Å². The van der Waals surface area contributed by atoms with E-state index in [0.717, 1.165) is 10.9 Å². The van der Waals surface area contributed by atoms with E-state index in [9.17, 15) is 9.59 Å². The fourth-order valence-corrected chi connectivity index (χ4v) is 2.98. The fourth-order valence-electron chi connectivity index (χ4n) is 2.98. The number of hydrogen-bond donors (Lipinski definition) is 1. The Morgan fingerprint density at radius 3 is 2.61 bits per heavy atom. The molecule has 2 aromatic rings. The van der Waals surface area contributed by atoms with Gasteiger partial charge in [0.1, 0.15) is 6.04 Å². The molecule has 1 aliphatic heterocycles. The van der Waals surface area contributed by atoms with E-state index in [0.29, 0.717) is 18.0 Å². The van der Waals surface area contributed by atoms with Gasteiger partial charge in [0, 0.05) is 11.4 Å². The molecule has 23 heavy (non-hydrogen) atoms. The second-order valence-corrected chi connectivity index (χ2v) is 6.73. The number of aromatic nitrogens is 2. The molecule has 0 aliphatic carbocycles. The summed E-state index contributed by atoms with van der Waals surface area (Å²) < 4.78 is 1.89. The van der Waals surface area contributed by atoms with Crippen LogP contribution in [-0.2, 0) is 4.79 Å². The third kappa shape index (κ3) is 2.69. The van der Waals surface area contributed by atoms with Crippen LogP contribution in [0.4, 0.5) is 10.5 Å². The van der Waals surface area contributed by atoms with E-state index in [1.165, 1.54) is 4.90 Å². The van der Waals surface area contributed by atoms with E-state index in [1.807, 2.05) is 44.5 Å². The van der Waals surface area contributed by atoms with Gasteiger partial charge < -0.3 is 5.32 Å². The van der Waals surface area contributed by atoms with Gasteiger partial charge in [0.2, 0.25) is 0 Å². The molecule has 0 spiro atoms. The smallest absolute Gasteiger partial charge is 0.325 e. The number of rotatable bonds is 4. The molecule has 0 saturated carbocycles. The lowest BCUT2D eigenvalue weighted by Crippen LogP contribution is -2.31. The average Bonchev–Trinajstić information content (AvgIpc) is 2.99. The molecule has 1 N–H and O–H groups in total. The van der Waals surface area contributed by atoms with Gasteiger partial charge in [-0.3, -0.25) is 9.48 Å². The standard InChI is InChI=1S/C17H22N4O2/c1-10(2)7-14-16(22)20(17(23)19-14)13-6-5-12-9-18-21(11(3)4)15(12)8-13/h5-6,8-11,14H,7H2,1-4H3,(H,19,23)/t14-/m1/s1. The van der Waals surface area contributed by atoms with E-state index in [4.69, 9.17) is 0 Å². The fraction of sp³-hybridized carbons (Fsp3) is 0.471. The molecule has 1 aliphatic rings. The van der Waals surface area contributed by atoms with E-state index >= 15 is 0 Å². The summed E-state index contributed by atoms with van der Waals surface area (Å²) >= 11 is 0. The van der Waals surface area contributed by atoms with Crippen molar-refractivity contribution >= 4 is 28.5 Å². The molecule has 0 radical (unpaired) electrons. The summed E-state index contributed by atoms with van der Waals surface area (Å²) in [5.41, 5.74) is 1.51. The Hall–Kier alpha value is -2.37. The van der Waals surface area contributed by atoms with Gasteiger partial charge in [0.25, 0.3) is 5.91 Å². The van der Waals surface area contributed by atoms with Crippen LogP contribution in [0.1, 0.15) is 40.2 Å². The van der Waals surface area contributed by atoms with Crippen LogP contribution >= 0.6 is 0 Å². The van der Waals surface area contributed by atoms with Gasteiger partial charge in [-0.15, -0.1) is 0 Å². The lowest BCUT2D eigenvalue weighted by Gasteiger charge is -2.15. The molecule has 1 fully saturated rings. The minimum absolute atomic E-state index is 0.182. The highest BCUT2D eigenvalue weighted by Gasteiger charge is 2.39. The second-order valence-electron chi connectivity index (χ2n) is 6.73. The number of hydrogen-bond acceptors (Lipinski definition) is 3. The number of anilines is 1. The van der Waals surface area contributed by atoms with E-state index in [1.54, 1.807) is 12.3 Å². The first-order chi connectivity index (χ1) is 10.9. The Balaban J connectivity index is 1.98. The minimum Gasteiger partial charge on any atom is -0.325 e. The summed E-state index contributed by atoms with van der Waals surface area (Å²) in [6.45, 7) is 8.17. The van der Waals surface area contributed by atoms with E-state index in [2.05, 4.69) is 10.4 Å². The molecule has 1 aromatic heterocycles. The highest BCUT2D eigenvalue weighted by molar-refractivity contribution is 6.21. The van der Waals surface area contributed by atoms with Crippen molar-refractivity contribution < 1.29 is 9.59 Å². The van der Waals surface area contributed by atoms with Crippen LogP contribution in [0.3, 0.4) is 0 Å². The predicted octanol–water partition coefficient (Wildman–Crippen LogP) is 3.09. The summed E-state index contributed by atoms with van der Waals surface area (Å²) in [6, 6.07) is 4.97. The van der Waals surface area contributed by atoms with Gasteiger partial charge in [-0.1, -0.05) is 13.8 Å². The molecule has 1 atom stereocenters. The Labute approximate surface area is 135 Å². The zero-order chi connectivity index (χ0) is 16.7. The molecule has 0 unspecified atom stereocenters. The summed E-state index contributed by atoms with van der Waals surface area (Å²) in [7, 11) is 0. The molecule has 3 rings (SSSR count). The maximum absolute atomic E-state index is 12.6. The molecule has 0 bridgehead atoms. The van der Waals surface area contributed by atoms with Gasteiger partial charge >= 0.3 is 6.03 Å². The molecule has 6 heteroatoms. The maximum atomic E-state index is 12.6. The number of amides is 3. The molecule has 3 amide bonds. The first-order valence-corrected chi connectivity index (χ1v) is 8.00. The number of carbonyl (C=O) groups excluding carboxylic acids is 2. The SMILES string of the molecule is CC(C)C[C@H]1NC(=O)N(c2ccc3cnn(C(C)C)c3c2)C1=O. The van der Waals surface area contributed by atoms with Gasteiger partial charge in [-0.25, -0.2) is 9.69 Å². The number of nitrogens with one attached hydrogen (secondary N) is 1. The molecule has 2 heterocycles. The summed E-state index contributed by atoms with van der Waals surface area (Å²) in [6.07, 6.45) is 2.44. The topological polar surface area (TPSA) is 67.2 Å². The lowest BCUT2D eigenvalue weighted by atomic mass is 10.0. The van der Waals surface area contributed by atoms with Crippen LogP contribution in [0.2, 0.25) is 0 Å². The summed E-state index contributed by atoms with van der Waals surface area (Å²) in [4.78, 5) is 26.0. The van der Waals surface area contributed by atoms with Gasteiger partial charge in [-0.2, -0.15) is 5.10 Å². The van der Waals surface area contributed by atoms with Gasteiger partial charge in [0.05, 0.1) is 17.4 Å². The largest absolute Gasteiger partial charge is 0.329 e. The van der Waals surface area contributed by atoms with Crippen LogP contribution < -0.4 is 10.2 Å². The molecule has 122 valence electrons. The number of fused-ring (bicyclic) bond motifs is 1. The molecular weight excluding hydrogens is 292 g/mol. The van der Waals surface area contributed by atoms with Crippen molar-refractivity contribution in [2.24, 2.45) is 5.92 Å². The quantitative estimate of drug-likeness (QED) is 0.882. The lowest BCUT2D eigenvalue weighted by molar-refractivity contribution is -0.118. The molecular formula is C17H22N4O2. The Kier molecular flexibility index (Phi) is 3.83. The maximum Gasteiger partial charge on any atom is 0.329 e.